The Morgan fingerprint density at radius 2 is 1.69 bits per heavy atom. The summed E-state index contributed by atoms with van der Waals surface area (Å²) in [4.78, 5) is 37.2. The number of ether oxygens (including phenoxy) is 3. The first-order valence-electron chi connectivity index (χ1n) is 8.13. The second-order valence-corrected chi connectivity index (χ2v) is 5.71. The minimum absolute atomic E-state index is 0.152. The largest absolute Gasteiger partial charge is 0.469 e. The molecule has 0 aliphatic rings. The van der Waals surface area contributed by atoms with Gasteiger partial charge in [-0.25, -0.2) is 0 Å². The molecule has 0 spiro atoms. The lowest BCUT2D eigenvalue weighted by molar-refractivity contribution is -0.149. The smallest absolute Gasteiger partial charge is 0.313 e. The average Bonchev–Trinajstić information content (AvgIpc) is 2.64. The first-order chi connectivity index (χ1) is 12.4. The molecule has 0 aliphatic heterocycles. The monoisotopic (exact) mass is 366 g/mol. The maximum atomic E-state index is 12.7. The zero-order valence-electron chi connectivity index (χ0n) is 15.3. The highest BCUT2D eigenvalue weighted by Gasteiger charge is 2.26. The van der Waals surface area contributed by atoms with E-state index in [1.807, 2.05) is 30.3 Å². The van der Waals surface area contributed by atoms with E-state index >= 15 is 0 Å². The van der Waals surface area contributed by atoms with Crippen molar-refractivity contribution in [2.75, 3.05) is 27.9 Å². The van der Waals surface area contributed by atoms with Crippen LogP contribution in [-0.2, 0) is 35.1 Å². The number of benzene rings is 1. The van der Waals surface area contributed by atoms with Gasteiger partial charge in [-0.1, -0.05) is 30.3 Å². The molecule has 0 fully saturated rings. The van der Waals surface area contributed by atoms with Crippen molar-refractivity contribution in [3.8, 4) is 0 Å². The Hall–Kier alpha value is -2.29. The Labute approximate surface area is 153 Å². The van der Waals surface area contributed by atoms with Crippen molar-refractivity contribution < 1.29 is 28.6 Å². The first-order valence-corrected chi connectivity index (χ1v) is 8.13. The van der Waals surface area contributed by atoms with E-state index in [2.05, 4.69) is 4.74 Å². The van der Waals surface area contributed by atoms with E-state index < -0.39 is 36.4 Å². The molecule has 1 rings (SSSR count). The van der Waals surface area contributed by atoms with Crippen molar-refractivity contribution >= 4 is 17.7 Å². The highest BCUT2D eigenvalue weighted by molar-refractivity contribution is 5.98. The van der Waals surface area contributed by atoms with Gasteiger partial charge in [0.2, 0.25) is 5.91 Å². The Morgan fingerprint density at radius 3 is 2.23 bits per heavy atom. The first kappa shape index (κ1) is 21.8. The van der Waals surface area contributed by atoms with Crippen LogP contribution >= 0.6 is 0 Å². The standard InChI is InChI=1S/C18H26N2O6/c1-24-16(22)10-14(21)9-15(19)18(23)20(12-17(25-2)26-3)11-13-7-5-4-6-8-13/h4-8,15,17H,9-12,19H2,1-3H3/t15-/m1/s1. The number of hydrogen-bond donors (Lipinski definition) is 1. The van der Waals surface area contributed by atoms with E-state index in [1.165, 1.54) is 26.2 Å². The highest BCUT2D eigenvalue weighted by atomic mass is 16.7. The van der Waals surface area contributed by atoms with Crippen LogP contribution in [-0.4, -0.2) is 62.8 Å². The summed E-state index contributed by atoms with van der Waals surface area (Å²) in [5.41, 5.74) is 6.81. The van der Waals surface area contributed by atoms with E-state index in [0.29, 0.717) is 6.54 Å². The fraction of sp³-hybridized carbons (Fsp3) is 0.500. The topological polar surface area (TPSA) is 108 Å². The van der Waals surface area contributed by atoms with Crippen LogP contribution < -0.4 is 5.73 Å². The second kappa shape index (κ2) is 11.3. The average molecular weight is 366 g/mol. The number of amides is 1. The Kier molecular flexibility index (Phi) is 9.50. The van der Waals surface area contributed by atoms with Crippen LogP contribution in [0.1, 0.15) is 18.4 Å². The zero-order valence-corrected chi connectivity index (χ0v) is 15.3. The Bertz CT molecular complexity index is 589. The molecular weight excluding hydrogens is 340 g/mol. The highest BCUT2D eigenvalue weighted by Crippen LogP contribution is 2.10. The molecule has 8 heteroatoms. The van der Waals surface area contributed by atoms with Crippen LogP contribution in [0.4, 0.5) is 0 Å². The van der Waals surface area contributed by atoms with Crippen LogP contribution in [0.25, 0.3) is 0 Å². The molecule has 0 aliphatic carbocycles. The van der Waals surface area contributed by atoms with Gasteiger partial charge >= 0.3 is 5.97 Å². The predicted octanol–water partition coefficient (Wildman–Crippen LogP) is 0.484. The van der Waals surface area contributed by atoms with Gasteiger partial charge in [0, 0.05) is 27.2 Å². The summed E-state index contributed by atoms with van der Waals surface area (Å²) >= 11 is 0. The van der Waals surface area contributed by atoms with Crippen molar-refractivity contribution in [2.24, 2.45) is 5.73 Å². The van der Waals surface area contributed by atoms with E-state index in [9.17, 15) is 14.4 Å². The van der Waals surface area contributed by atoms with Crippen LogP contribution in [0.2, 0.25) is 0 Å². The second-order valence-electron chi connectivity index (χ2n) is 5.71. The van der Waals surface area contributed by atoms with Crippen LogP contribution in [0.15, 0.2) is 30.3 Å². The van der Waals surface area contributed by atoms with E-state index in [0.717, 1.165) is 5.56 Å². The fourth-order valence-corrected chi connectivity index (χ4v) is 2.33. The molecular formula is C18H26N2O6. The summed E-state index contributed by atoms with van der Waals surface area (Å²) < 4.78 is 14.8. The third kappa shape index (κ3) is 7.30. The van der Waals surface area contributed by atoms with Crippen LogP contribution in [0, 0.1) is 0 Å². The maximum Gasteiger partial charge on any atom is 0.313 e. The van der Waals surface area contributed by atoms with Crippen molar-refractivity contribution in [3.05, 3.63) is 35.9 Å². The molecule has 0 radical (unpaired) electrons. The molecule has 8 nitrogen and oxygen atoms in total. The molecule has 1 atom stereocenters. The van der Waals surface area contributed by atoms with Gasteiger partial charge in [0.15, 0.2) is 6.29 Å². The number of rotatable bonds is 11. The molecule has 1 aromatic carbocycles. The number of nitrogens with two attached hydrogens (primary N) is 1. The Morgan fingerprint density at radius 1 is 1.08 bits per heavy atom. The molecule has 26 heavy (non-hydrogen) atoms. The van der Waals surface area contributed by atoms with Crippen molar-refractivity contribution in [2.45, 2.75) is 31.7 Å². The fourth-order valence-electron chi connectivity index (χ4n) is 2.33. The minimum Gasteiger partial charge on any atom is -0.469 e. The molecule has 0 heterocycles. The van der Waals surface area contributed by atoms with Crippen molar-refractivity contribution in [1.29, 1.82) is 0 Å². The number of carbonyl (C=O) groups excluding carboxylic acids is 3. The number of hydrogen-bond acceptors (Lipinski definition) is 7. The molecule has 0 saturated carbocycles. The SMILES string of the molecule is COC(=O)CC(=O)C[C@@H](N)C(=O)N(Cc1ccccc1)CC(OC)OC. The lowest BCUT2D eigenvalue weighted by atomic mass is 10.1. The molecule has 1 amide bonds. The summed E-state index contributed by atoms with van der Waals surface area (Å²) in [7, 11) is 4.14. The Balaban J connectivity index is 2.81. The zero-order chi connectivity index (χ0) is 19.5. The number of nitrogens with zero attached hydrogens (tertiary/aromatic N) is 1. The summed E-state index contributed by atoms with van der Waals surface area (Å²) in [6.45, 7) is 0.446. The molecule has 0 aromatic heterocycles. The molecule has 0 bridgehead atoms. The normalized spacial score (nSPS) is 11.9. The van der Waals surface area contributed by atoms with Gasteiger partial charge in [-0.3, -0.25) is 14.4 Å². The summed E-state index contributed by atoms with van der Waals surface area (Å²) in [6.07, 6.45) is -1.28. The van der Waals surface area contributed by atoms with Gasteiger partial charge in [-0.15, -0.1) is 0 Å². The number of carbonyl (C=O) groups is 3. The molecule has 0 unspecified atom stereocenters. The van der Waals surface area contributed by atoms with Gasteiger partial charge in [0.05, 0.1) is 19.7 Å². The van der Waals surface area contributed by atoms with Crippen molar-refractivity contribution in [1.82, 2.24) is 4.90 Å². The number of methoxy groups -OCH3 is 3. The van der Waals surface area contributed by atoms with Gasteiger partial charge in [0.25, 0.3) is 0 Å². The molecule has 1 aromatic rings. The molecule has 144 valence electrons. The van der Waals surface area contributed by atoms with E-state index in [4.69, 9.17) is 15.2 Å². The number of esters is 1. The third-order valence-corrected chi connectivity index (χ3v) is 3.76. The number of Topliss-reactive ketones (excluding diaryl/α,β-unsaturated/α-hetero) is 1. The van der Waals surface area contributed by atoms with Gasteiger partial charge < -0.3 is 24.8 Å². The van der Waals surface area contributed by atoms with Crippen LogP contribution in [0.5, 0.6) is 0 Å². The summed E-state index contributed by atoms with van der Waals surface area (Å²) in [6, 6.07) is 8.29. The van der Waals surface area contributed by atoms with Crippen molar-refractivity contribution in [3.63, 3.8) is 0 Å². The van der Waals surface area contributed by atoms with E-state index in [1.54, 1.807) is 0 Å². The minimum atomic E-state index is -1.06. The van der Waals surface area contributed by atoms with Gasteiger partial charge in [0.1, 0.15) is 12.2 Å². The summed E-state index contributed by atoms with van der Waals surface area (Å²) in [5, 5.41) is 0. The summed E-state index contributed by atoms with van der Waals surface area (Å²) in [5.74, 6) is -1.53. The van der Waals surface area contributed by atoms with Crippen LogP contribution in [0.3, 0.4) is 0 Å². The van der Waals surface area contributed by atoms with Gasteiger partial charge in [-0.2, -0.15) is 0 Å². The lowest BCUT2D eigenvalue weighted by Gasteiger charge is -2.28. The van der Waals surface area contributed by atoms with E-state index in [-0.39, 0.29) is 13.0 Å². The number of ketones is 1. The van der Waals surface area contributed by atoms with Gasteiger partial charge in [-0.05, 0) is 5.56 Å². The molecule has 2 N–H and O–H groups in total. The maximum absolute atomic E-state index is 12.7. The molecule has 0 saturated heterocycles. The quantitative estimate of drug-likeness (QED) is 0.345. The lowest BCUT2D eigenvalue weighted by Crippen LogP contribution is -2.47. The third-order valence-electron chi connectivity index (χ3n) is 3.76. The predicted molar refractivity (Wildman–Crippen MR) is 93.9 cm³/mol.